The van der Waals surface area contributed by atoms with Crippen LogP contribution < -0.4 is 0 Å². The van der Waals surface area contributed by atoms with E-state index in [1.165, 1.54) is 12.8 Å². The average molecular weight is 144 g/mol. The van der Waals surface area contributed by atoms with E-state index in [0.29, 0.717) is 12.5 Å². The predicted octanol–water partition coefficient (Wildman–Crippen LogP) is 2.44. The summed E-state index contributed by atoms with van der Waals surface area (Å²) >= 11 is 0. The molecule has 1 N–H and O–H groups in total. The fourth-order valence-electron chi connectivity index (χ4n) is 0.994. The van der Waals surface area contributed by atoms with Crippen LogP contribution in [0.3, 0.4) is 0 Å². The molecule has 0 aromatic heterocycles. The van der Waals surface area contributed by atoms with Gasteiger partial charge in [-0.3, -0.25) is 0 Å². The van der Waals surface area contributed by atoms with Gasteiger partial charge in [0, 0.05) is 6.61 Å². The Labute approximate surface area is 64.5 Å². The van der Waals surface area contributed by atoms with Crippen molar-refractivity contribution < 1.29 is 5.11 Å². The lowest BCUT2D eigenvalue weighted by molar-refractivity contribution is 0.208. The van der Waals surface area contributed by atoms with Gasteiger partial charge in [-0.25, -0.2) is 0 Å². The molecule has 0 saturated carbocycles. The van der Waals surface area contributed by atoms with Crippen molar-refractivity contribution in [2.45, 2.75) is 40.0 Å². The van der Waals surface area contributed by atoms with E-state index in [9.17, 15) is 0 Å². The first kappa shape index (κ1) is 9.96. The van der Waals surface area contributed by atoms with Crippen LogP contribution in [0, 0.1) is 11.8 Å². The molecule has 62 valence electrons. The van der Waals surface area contributed by atoms with E-state index in [2.05, 4.69) is 20.8 Å². The Morgan fingerprint density at radius 2 is 1.80 bits per heavy atom. The second-order valence-electron chi connectivity index (χ2n) is 3.43. The Bertz CT molecular complexity index is 65.1. The van der Waals surface area contributed by atoms with Crippen molar-refractivity contribution in [3.05, 3.63) is 0 Å². The van der Waals surface area contributed by atoms with Crippen molar-refractivity contribution in [1.82, 2.24) is 0 Å². The Morgan fingerprint density at radius 3 is 2.10 bits per heavy atom. The highest BCUT2D eigenvalue weighted by Gasteiger charge is 2.04. The van der Waals surface area contributed by atoms with E-state index in [1.54, 1.807) is 0 Å². The normalized spacial score (nSPS) is 14.1. The maximum atomic E-state index is 8.84. The van der Waals surface area contributed by atoms with E-state index >= 15 is 0 Å². The molecule has 0 aliphatic rings. The van der Waals surface area contributed by atoms with Crippen LogP contribution >= 0.6 is 0 Å². The third kappa shape index (κ3) is 4.80. The molecule has 0 heterocycles. The Morgan fingerprint density at radius 1 is 1.20 bits per heavy atom. The van der Waals surface area contributed by atoms with Gasteiger partial charge in [-0.2, -0.15) is 0 Å². The van der Waals surface area contributed by atoms with Crippen molar-refractivity contribution in [3.8, 4) is 0 Å². The molecule has 1 atom stereocenters. The Hall–Kier alpha value is -0.0400. The summed E-state index contributed by atoms with van der Waals surface area (Å²) in [5, 5.41) is 8.84. The van der Waals surface area contributed by atoms with Crippen LogP contribution in [0.15, 0.2) is 0 Å². The molecule has 0 bridgehead atoms. The smallest absolute Gasteiger partial charge is 0.0459 e. The summed E-state index contributed by atoms with van der Waals surface area (Å²) in [5.41, 5.74) is 0. The van der Waals surface area contributed by atoms with Crippen LogP contribution in [0.5, 0.6) is 0 Å². The summed E-state index contributed by atoms with van der Waals surface area (Å²) in [5.74, 6) is 1.32. The molecule has 1 nitrogen and oxygen atoms in total. The topological polar surface area (TPSA) is 20.2 Å². The molecule has 0 spiro atoms. The third-order valence-corrected chi connectivity index (χ3v) is 1.99. The summed E-state index contributed by atoms with van der Waals surface area (Å²) < 4.78 is 0. The van der Waals surface area contributed by atoms with Gasteiger partial charge >= 0.3 is 0 Å². The lowest BCUT2D eigenvalue weighted by atomic mass is 9.97. The predicted molar refractivity (Wildman–Crippen MR) is 44.9 cm³/mol. The Balaban J connectivity index is 3.26. The standard InChI is InChI=1S/C9H20O/c1-4-9(7-10)6-5-8(2)3/h8-10H,4-7H2,1-3H3/t9-/m1/s1. The molecule has 0 aromatic rings. The zero-order valence-corrected chi connectivity index (χ0v) is 7.43. The van der Waals surface area contributed by atoms with Gasteiger partial charge in [0.2, 0.25) is 0 Å². The van der Waals surface area contributed by atoms with Crippen LogP contribution in [0.2, 0.25) is 0 Å². The van der Waals surface area contributed by atoms with Crippen molar-refractivity contribution in [1.29, 1.82) is 0 Å². The second-order valence-corrected chi connectivity index (χ2v) is 3.43. The first-order valence-corrected chi connectivity index (χ1v) is 4.31. The second kappa shape index (κ2) is 5.72. The van der Waals surface area contributed by atoms with Gasteiger partial charge in [-0.15, -0.1) is 0 Å². The number of aliphatic hydroxyl groups excluding tert-OH is 1. The summed E-state index contributed by atoms with van der Waals surface area (Å²) in [6.07, 6.45) is 3.55. The van der Waals surface area contributed by atoms with Crippen molar-refractivity contribution in [2.75, 3.05) is 6.61 Å². The molecule has 0 aliphatic carbocycles. The molecule has 0 saturated heterocycles. The first-order chi connectivity index (χ1) is 4.70. The zero-order valence-electron chi connectivity index (χ0n) is 7.43. The minimum atomic E-state index is 0.364. The molecule has 0 fully saturated rings. The highest BCUT2D eigenvalue weighted by molar-refractivity contribution is 4.56. The fraction of sp³-hybridized carbons (Fsp3) is 1.00. The number of hydrogen-bond acceptors (Lipinski definition) is 1. The molecule has 0 rings (SSSR count). The van der Waals surface area contributed by atoms with Gasteiger partial charge in [0.25, 0.3) is 0 Å². The summed E-state index contributed by atoms with van der Waals surface area (Å²) in [7, 11) is 0. The average Bonchev–Trinajstić information content (AvgIpc) is 1.90. The molecule has 0 unspecified atom stereocenters. The minimum absolute atomic E-state index is 0.364. The molecule has 10 heavy (non-hydrogen) atoms. The SMILES string of the molecule is CC[C@@H](CO)CCC(C)C. The van der Waals surface area contributed by atoms with Crippen molar-refractivity contribution in [2.24, 2.45) is 11.8 Å². The fourth-order valence-corrected chi connectivity index (χ4v) is 0.994. The van der Waals surface area contributed by atoms with Crippen molar-refractivity contribution >= 4 is 0 Å². The summed E-state index contributed by atoms with van der Waals surface area (Å²) in [6, 6.07) is 0. The van der Waals surface area contributed by atoms with Gasteiger partial charge < -0.3 is 5.11 Å². The minimum Gasteiger partial charge on any atom is -0.396 e. The number of rotatable bonds is 5. The van der Waals surface area contributed by atoms with E-state index in [0.717, 1.165) is 12.3 Å². The van der Waals surface area contributed by atoms with E-state index in [-0.39, 0.29) is 0 Å². The molecule has 0 amide bonds. The lowest BCUT2D eigenvalue weighted by Crippen LogP contribution is -2.05. The highest BCUT2D eigenvalue weighted by atomic mass is 16.3. The summed E-state index contributed by atoms with van der Waals surface area (Å²) in [4.78, 5) is 0. The number of hydrogen-bond donors (Lipinski definition) is 1. The molecule has 0 radical (unpaired) electrons. The van der Waals surface area contributed by atoms with Crippen molar-refractivity contribution in [3.63, 3.8) is 0 Å². The largest absolute Gasteiger partial charge is 0.396 e. The van der Waals surface area contributed by atoms with E-state index < -0.39 is 0 Å². The van der Waals surface area contributed by atoms with Crippen LogP contribution in [0.4, 0.5) is 0 Å². The van der Waals surface area contributed by atoms with Crippen LogP contribution in [-0.2, 0) is 0 Å². The van der Waals surface area contributed by atoms with Gasteiger partial charge in [0.15, 0.2) is 0 Å². The molecule has 0 aromatic carbocycles. The third-order valence-electron chi connectivity index (χ3n) is 1.99. The van der Waals surface area contributed by atoms with Gasteiger partial charge in [0.1, 0.15) is 0 Å². The molecule has 1 heteroatoms. The monoisotopic (exact) mass is 144 g/mol. The number of aliphatic hydroxyl groups is 1. The first-order valence-electron chi connectivity index (χ1n) is 4.31. The molecule has 0 aliphatic heterocycles. The van der Waals surface area contributed by atoms with Crippen LogP contribution in [0.1, 0.15) is 40.0 Å². The zero-order chi connectivity index (χ0) is 7.98. The Kier molecular flexibility index (Phi) is 5.70. The summed E-state index contributed by atoms with van der Waals surface area (Å²) in [6.45, 7) is 6.96. The van der Waals surface area contributed by atoms with Gasteiger partial charge in [-0.05, 0) is 18.3 Å². The molecular weight excluding hydrogens is 124 g/mol. The maximum Gasteiger partial charge on any atom is 0.0459 e. The van der Waals surface area contributed by atoms with Crippen LogP contribution in [-0.4, -0.2) is 11.7 Å². The van der Waals surface area contributed by atoms with Crippen LogP contribution in [0.25, 0.3) is 0 Å². The molecular formula is C9H20O. The lowest BCUT2D eigenvalue weighted by Gasteiger charge is -2.12. The maximum absolute atomic E-state index is 8.84. The van der Waals surface area contributed by atoms with Gasteiger partial charge in [0.05, 0.1) is 0 Å². The highest BCUT2D eigenvalue weighted by Crippen LogP contribution is 2.13. The van der Waals surface area contributed by atoms with E-state index in [4.69, 9.17) is 5.11 Å². The van der Waals surface area contributed by atoms with E-state index in [1.807, 2.05) is 0 Å². The quantitative estimate of drug-likeness (QED) is 0.628. The van der Waals surface area contributed by atoms with Gasteiger partial charge in [-0.1, -0.05) is 33.6 Å².